The van der Waals surface area contributed by atoms with Gasteiger partial charge in [0.1, 0.15) is 5.75 Å². The first-order valence-electron chi connectivity index (χ1n) is 6.39. The van der Waals surface area contributed by atoms with Gasteiger partial charge in [0.05, 0.1) is 6.61 Å². The van der Waals surface area contributed by atoms with Gasteiger partial charge in [0, 0.05) is 17.1 Å². The van der Waals surface area contributed by atoms with Gasteiger partial charge in [0.2, 0.25) is 0 Å². The lowest BCUT2D eigenvalue weighted by molar-refractivity contribution is 0.305. The van der Waals surface area contributed by atoms with E-state index < -0.39 is 0 Å². The highest BCUT2D eigenvalue weighted by molar-refractivity contribution is 6.30. The van der Waals surface area contributed by atoms with Gasteiger partial charge in [-0.25, -0.2) is 0 Å². The fourth-order valence-electron chi connectivity index (χ4n) is 1.55. The van der Waals surface area contributed by atoms with Crippen molar-refractivity contribution in [1.82, 2.24) is 5.32 Å². The van der Waals surface area contributed by atoms with Crippen molar-refractivity contribution in [3.8, 4) is 5.75 Å². The molecule has 17 heavy (non-hydrogen) atoms. The molecule has 96 valence electrons. The van der Waals surface area contributed by atoms with E-state index in [-0.39, 0.29) is 0 Å². The lowest BCUT2D eigenvalue weighted by atomic mass is 10.2. The van der Waals surface area contributed by atoms with Crippen LogP contribution in [-0.2, 0) is 6.54 Å². The summed E-state index contributed by atoms with van der Waals surface area (Å²) in [6.45, 7) is 6.92. The molecule has 0 heterocycles. The molecule has 0 aliphatic heterocycles. The Kier molecular flexibility index (Phi) is 7.06. The second-order valence-corrected chi connectivity index (χ2v) is 4.57. The fourth-order valence-corrected chi connectivity index (χ4v) is 1.75. The molecule has 0 bridgehead atoms. The molecule has 1 rings (SSSR count). The van der Waals surface area contributed by atoms with Crippen LogP contribution in [-0.4, -0.2) is 13.2 Å². The topological polar surface area (TPSA) is 21.3 Å². The zero-order chi connectivity index (χ0) is 12.5. The minimum absolute atomic E-state index is 0.765. The molecule has 1 aromatic carbocycles. The first-order chi connectivity index (χ1) is 8.27. The predicted molar refractivity (Wildman–Crippen MR) is 73.9 cm³/mol. The minimum Gasteiger partial charge on any atom is -0.493 e. The van der Waals surface area contributed by atoms with Crippen molar-refractivity contribution in [1.29, 1.82) is 0 Å². The summed E-state index contributed by atoms with van der Waals surface area (Å²) < 4.78 is 5.76. The van der Waals surface area contributed by atoms with Crippen LogP contribution in [0.25, 0.3) is 0 Å². The Morgan fingerprint density at radius 2 is 2.06 bits per heavy atom. The maximum absolute atomic E-state index is 6.01. The van der Waals surface area contributed by atoms with Crippen molar-refractivity contribution in [2.75, 3.05) is 13.2 Å². The third-order valence-electron chi connectivity index (χ3n) is 2.52. The number of halogens is 1. The molecular weight excluding hydrogens is 234 g/mol. The summed E-state index contributed by atoms with van der Waals surface area (Å²) in [4.78, 5) is 0. The number of rotatable bonds is 8. The van der Waals surface area contributed by atoms with Gasteiger partial charge in [-0.2, -0.15) is 0 Å². The molecule has 3 heteroatoms. The summed E-state index contributed by atoms with van der Waals surface area (Å²) in [5.74, 6) is 0.950. The first kappa shape index (κ1) is 14.3. The van der Waals surface area contributed by atoms with Gasteiger partial charge in [-0.05, 0) is 37.6 Å². The maximum Gasteiger partial charge on any atom is 0.123 e. The highest BCUT2D eigenvalue weighted by Crippen LogP contribution is 2.23. The molecule has 1 N–H and O–H groups in total. The highest BCUT2D eigenvalue weighted by atomic mass is 35.5. The summed E-state index contributed by atoms with van der Waals surface area (Å²) >= 11 is 6.01. The standard InChI is InChI=1S/C14H22ClNO/c1-3-5-9-17-14-7-6-13(15)10-12(14)11-16-8-4-2/h6-7,10,16H,3-5,8-9,11H2,1-2H3. The van der Waals surface area contributed by atoms with Crippen LogP contribution in [0.1, 0.15) is 38.7 Å². The van der Waals surface area contributed by atoms with Gasteiger partial charge in [0.15, 0.2) is 0 Å². The lowest BCUT2D eigenvalue weighted by Gasteiger charge is -2.12. The summed E-state index contributed by atoms with van der Waals surface area (Å²) in [5, 5.41) is 4.14. The van der Waals surface area contributed by atoms with E-state index in [1.165, 1.54) is 0 Å². The van der Waals surface area contributed by atoms with E-state index >= 15 is 0 Å². The van der Waals surface area contributed by atoms with E-state index in [1.54, 1.807) is 0 Å². The van der Waals surface area contributed by atoms with Gasteiger partial charge < -0.3 is 10.1 Å². The van der Waals surface area contributed by atoms with E-state index in [0.717, 1.165) is 55.3 Å². The quantitative estimate of drug-likeness (QED) is 0.709. The Labute approximate surface area is 109 Å². The van der Waals surface area contributed by atoms with Gasteiger partial charge in [-0.15, -0.1) is 0 Å². The zero-order valence-corrected chi connectivity index (χ0v) is 11.5. The van der Waals surface area contributed by atoms with Crippen molar-refractivity contribution >= 4 is 11.6 Å². The lowest BCUT2D eigenvalue weighted by Crippen LogP contribution is -2.14. The molecule has 0 saturated carbocycles. The number of nitrogens with one attached hydrogen (secondary N) is 1. The Balaban J connectivity index is 2.59. The van der Waals surface area contributed by atoms with E-state index in [1.807, 2.05) is 18.2 Å². The number of hydrogen-bond donors (Lipinski definition) is 1. The van der Waals surface area contributed by atoms with E-state index in [0.29, 0.717) is 0 Å². The average molecular weight is 256 g/mol. The summed E-state index contributed by atoms with van der Waals surface area (Å²) in [5.41, 5.74) is 1.14. The Bertz CT molecular complexity index is 328. The Morgan fingerprint density at radius 1 is 1.24 bits per heavy atom. The average Bonchev–Trinajstić information content (AvgIpc) is 2.32. The first-order valence-corrected chi connectivity index (χ1v) is 6.77. The van der Waals surface area contributed by atoms with E-state index in [9.17, 15) is 0 Å². The molecule has 2 nitrogen and oxygen atoms in total. The molecule has 0 unspecified atom stereocenters. The monoisotopic (exact) mass is 255 g/mol. The molecule has 0 fully saturated rings. The molecule has 0 saturated heterocycles. The third-order valence-corrected chi connectivity index (χ3v) is 2.76. The van der Waals surface area contributed by atoms with Crippen molar-refractivity contribution in [3.05, 3.63) is 28.8 Å². The fraction of sp³-hybridized carbons (Fsp3) is 0.571. The van der Waals surface area contributed by atoms with Crippen LogP contribution >= 0.6 is 11.6 Å². The van der Waals surface area contributed by atoms with E-state index in [2.05, 4.69) is 19.2 Å². The second kappa shape index (κ2) is 8.37. The summed E-state index contributed by atoms with van der Waals surface area (Å²) in [7, 11) is 0. The molecule has 0 atom stereocenters. The minimum atomic E-state index is 0.765. The van der Waals surface area contributed by atoms with Gasteiger partial charge in [-0.1, -0.05) is 31.9 Å². The van der Waals surface area contributed by atoms with Crippen LogP contribution in [0, 0.1) is 0 Å². The summed E-state index contributed by atoms with van der Waals surface area (Å²) in [6.07, 6.45) is 3.37. The number of hydrogen-bond acceptors (Lipinski definition) is 2. The van der Waals surface area contributed by atoms with Gasteiger partial charge in [0.25, 0.3) is 0 Å². The normalized spacial score (nSPS) is 10.5. The van der Waals surface area contributed by atoms with Gasteiger partial charge in [-0.3, -0.25) is 0 Å². The van der Waals surface area contributed by atoms with Crippen LogP contribution in [0.2, 0.25) is 5.02 Å². The smallest absolute Gasteiger partial charge is 0.123 e. The second-order valence-electron chi connectivity index (χ2n) is 4.13. The Hall–Kier alpha value is -0.730. The number of unbranched alkanes of at least 4 members (excludes halogenated alkanes) is 1. The van der Waals surface area contributed by atoms with Crippen molar-refractivity contribution in [3.63, 3.8) is 0 Å². The molecule has 0 radical (unpaired) electrons. The third kappa shape index (κ3) is 5.42. The number of ether oxygens (including phenoxy) is 1. The van der Waals surface area contributed by atoms with Crippen molar-refractivity contribution in [2.24, 2.45) is 0 Å². The van der Waals surface area contributed by atoms with Crippen molar-refractivity contribution in [2.45, 2.75) is 39.7 Å². The Morgan fingerprint density at radius 3 is 2.76 bits per heavy atom. The van der Waals surface area contributed by atoms with Crippen LogP contribution in [0.15, 0.2) is 18.2 Å². The molecule has 0 aromatic heterocycles. The van der Waals surface area contributed by atoms with Crippen molar-refractivity contribution < 1.29 is 4.74 Å². The molecule has 0 aliphatic rings. The largest absolute Gasteiger partial charge is 0.493 e. The molecule has 0 aliphatic carbocycles. The van der Waals surface area contributed by atoms with Gasteiger partial charge >= 0.3 is 0 Å². The summed E-state index contributed by atoms with van der Waals surface area (Å²) in [6, 6.07) is 5.82. The van der Waals surface area contributed by atoms with Crippen LogP contribution in [0.5, 0.6) is 5.75 Å². The van der Waals surface area contributed by atoms with Crippen LogP contribution < -0.4 is 10.1 Å². The number of benzene rings is 1. The zero-order valence-electron chi connectivity index (χ0n) is 10.8. The molecule has 0 amide bonds. The SMILES string of the molecule is CCCCOc1ccc(Cl)cc1CNCCC. The maximum atomic E-state index is 6.01. The van der Waals surface area contributed by atoms with E-state index in [4.69, 9.17) is 16.3 Å². The molecule has 1 aromatic rings. The molecule has 0 spiro atoms. The highest BCUT2D eigenvalue weighted by Gasteiger charge is 2.04. The molecular formula is C14H22ClNO. The predicted octanol–water partition coefficient (Wildman–Crippen LogP) is 4.02. The van der Waals surface area contributed by atoms with Crippen LogP contribution in [0.4, 0.5) is 0 Å². The van der Waals surface area contributed by atoms with Crippen LogP contribution in [0.3, 0.4) is 0 Å².